The molecule has 2 amide bonds. The topological polar surface area (TPSA) is 80.6 Å². The smallest absolute Gasteiger partial charge is 0.313 e. The van der Waals surface area contributed by atoms with Crippen LogP contribution in [0.15, 0.2) is 41.0 Å². The number of carbonyl (C=O) groups excluding carboxylic acids is 2. The third kappa shape index (κ3) is 4.34. The summed E-state index contributed by atoms with van der Waals surface area (Å²) < 4.78 is 10.4. The molecular formula is C16H17ClN2O4. The molecule has 0 radical (unpaired) electrons. The Balaban J connectivity index is 1.92. The van der Waals surface area contributed by atoms with Gasteiger partial charge >= 0.3 is 11.8 Å². The zero-order chi connectivity index (χ0) is 16.8. The van der Waals surface area contributed by atoms with Gasteiger partial charge in [-0.05, 0) is 36.8 Å². The molecule has 1 aromatic carbocycles. The molecule has 0 spiro atoms. The number of hydrogen-bond acceptors (Lipinski definition) is 4. The molecule has 0 unspecified atom stereocenters. The fraction of sp³-hybridized carbons (Fsp3) is 0.250. The van der Waals surface area contributed by atoms with Crippen molar-refractivity contribution >= 4 is 29.1 Å². The van der Waals surface area contributed by atoms with Gasteiger partial charge in [-0.3, -0.25) is 9.59 Å². The van der Waals surface area contributed by atoms with Gasteiger partial charge in [0.25, 0.3) is 0 Å². The Morgan fingerprint density at radius 2 is 2.04 bits per heavy atom. The van der Waals surface area contributed by atoms with Crippen molar-refractivity contribution in [1.82, 2.24) is 5.32 Å². The highest BCUT2D eigenvalue weighted by Crippen LogP contribution is 2.22. The van der Waals surface area contributed by atoms with E-state index in [1.807, 2.05) is 0 Å². The van der Waals surface area contributed by atoms with Crippen molar-refractivity contribution in [2.24, 2.45) is 0 Å². The van der Waals surface area contributed by atoms with E-state index in [4.69, 9.17) is 20.8 Å². The number of hydrogen-bond donors (Lipinski definition) is 2. The summed E-state index contributed by atoms with van der Waals surface area (Å²) in [6, 6.07) is 8.53. The Hall–Kier alpha value is -2.31. The number of carbonyl (C=O) groups is 2. The minimum Gasteiger partial charge on any atom is -0.467 e. The van der Waals surface area contributed by atoms with Crippen LogP contribution in [0.2, 0.25) is 5.02 Å². The molecule has 0 saturated heterocycles. The van der Waals surface area contributed by atoms with E-state index in [9.17, 15) is 9.59 Å². The van der Waals surface area contributed by atoms with Crippen LogP contribution >= 0.6 is 11.6 Å². The van der Waals surface area contributed by atoms with E-state index in [0.29, 0.717) is 22.0 Å². The van der Waals surface area contributed by atoms with E-state index in [0.717, 1.165) is 0 Å². The molecule has 1 atom stereocenters. The maximum absolute atomic E-state index is 11.9. The average molecular weight is 337 g/mol. The van der Waals surface area contributed by atoms with E-state index in [2.05, 4.69) is 10.6 Å². The van der Waals surface area contributed by atoms with Crippen LogP contribution in [0.25, 0.3) is 0 Å². The number of furan rings is 1. The standard InChI is InChI=1S/C16H17ClN2O4/c1-10-11(17)5-3-6-12(10)19-16(21)15(20)18-9-14(22-2)13-7-4-8-23-13/h3-8,14H,9H2,1-2H3,(H,18,20)(H,19,21)/t14-/m0/s1. The van der Waals surface area contributed by atoms with Crippen LogP contribution in [0.1, 0.15) is 17.4 Å². The van der Waals surface area contributed by atoms with Gasteiger partial charge in [-0.15, -0.1) is 0 Å². The van der Waals surface area contributed by atoms with Gasteiger partial charge < -0.3 is 19.8 Å². The van der Waals surface area contributed by atoms with Gasteiger partial charge in [0.15, 0.2) is 0 Å². The highest BCUT2D eigenvalue weighted by Gasteiger charge is 2.19. The molecule has 0 aliphatic rings. The van der Waals surface area contributed by atoms with Gasteiger partial charge in [-0.1, -0.05) is 17.7 Å². The number of anilines is 1. The first kappa shape index (κ1) is 17.1. The molecule has 1 aromatic heterocycles. The van der Waals surface area contributed by atoms with Crippen molar-refractivity contribution in [3.05, 3.63) is 52.9 Å². The molecule has 0 aliphatic carbocycles. The molecule has 2 N–H and O–H groups in total. The lowest BCUT2D eigenvalue weighted by Gasteiger charge is -2.14. The van der Waals surface area contributed by atoms with Crippen LogP contribution in [0, 0.1) is 6.92 Å². The summed E-state index contributed by atoms with van der Waals surface area (Å²) in [4.78, 5) is 23.8. The van der Waals surface area contributed by atoms with Gasteiger partial charge in [0.1, 0.15) is 11.9 Å². The molecule has 0 bridgehead atoms. The lowest BCUT2D eigenvalue weighted by atomic mass is 10.2. The lowest BCUT2D eigenvalue weighted by molar-refractivity contribution is -0.136. The summed E-state index contributed by atoms with van der Waals surface area (Å²) in [5.74, 6) is -0.971. The molecule has 1 heterocycles. The molecule has 0 fully saturated rings. The number of rotatable bonds is 5. The highest BCUT2D eigenvalue weighted by atomic mass is 35.5. The number of benzene rings is 1. The van der Waals surface area contributed by atoms with Crippen LogP contribution in [-0.2, 0) is 14.3 Å². The van der Waals surface area contributed by atoms with Gasteiger partial charge in [-0.2, -0.15) is 0 Å². The first-order valence-corrected chi connectivity index (χ1v) is 7.31. The summed E-state index contributed by atoms with van der Waals surface area (Å²) >= 11 is 5.98. The van der Waals surface area contributed by atoms with Crippen LogP contribution in [0.5, 0.6) is 0 Å². The normalized spacial score (nSPS) is 11.8. The van der Waals surface area contributed by atoms with E-state index in [1.54, 1.807) is 37.3 Å². The van der Waals surface area contributed by atoms with Crippen molar-refractivity contribution in [2.75, 3.05) is 19.0 Å². The van der Waals surface area contributed by atoms with Crippen molar-refractivity contribution < 1.29 is 18.7 Å². The Bertz CT molecular complexity index is 685. The van der Waals surface area contributed by atoms with Gasteiger partial charge in [0.2, 0.25) is 0 Å². The van der Waals surface area contributed by atoms with Crippen LogP contribution in [-0.4, -0.2) is 25.5 Å². The molecule has 6 nitrogen and oxygen atoms in total. The van der Waals surface area contributed by atoms with Gasteiger partial charge in [0, 0.05) is 17.8 Å². The second kappa shape index (κ2) is 7.80. The Morgan fingerprint density at radius 3 is 2.70 bits per heavy atom. The van der Waals surface area contributed by atoms with E-state index in [1.165, 1.54) is 13.4 Å². The van der Waals surface area contributed by atoms with Crippen molar-refractivity contribution in [2.45, 2.75) is 13.0 Å². The predicted octanol–water partition coefficient (Wildman–Crippen LogP) is 2.68. The van der Waals surface area contributed by atoms with Crippen molar-refractivity contribution in [3.8, 4) is 0 Å². The molecule has 2 aromatic rings. The first-order valence-electron chi connectivity index (χ1n) is 6.93. The Morgan fingerprint density at radius 1 is 1.26 bits per heavy atom. The van der Waals surface area contributed by atoms with E-state index >= 15 is 0 Å². The summed E-state index contributed by atoms with van der Waals surface area (Å²) in [5.41, 5.74) is 1.19. The number of nitrogens with one attached hydrogen (secondary N) is 2. The molecule has 122 valence electrons. The summed E-state index contributed by atoms with van der Waals surface area (Å²) in [5, 5.41) is 5.55. The Kier molecular flexibility index (Phi) is 5.78. The predicted molar refractivity (Wildman–Crippen MR) is 86.3 cm³/mol. The van der Waals surface area contributed by atoms with Gasteiger partial charge in [0.05, 0.1) is 12.8 Å². The molecule has 7 heteroatoms. The minimum absolute atomic E-state index is 0.116. The van der Waals surface area contributed by atoms with Gasteiger partial charge in [-0.25, -0.2) is 0 Å². The molecule has 0 aliphatic heterocycles. The quantitative estimate of drug-likeness (QED) is 0.823. The lowest BCUT2D eigenvalue weighted by Crippen LogP contribution is -2.38. The fourth-order valence-electron chi connectivity index (χ4n) is 1.96. The zero-order valence-electron chi connectivity index (χ0n) is 12.8. The van der Waals surface area contributed by atoms with Crippen molar-refractivity contribution in [3.63, 3.8) is 0 Å². The third-order valence-electron chi connectivity index (χ3n) is 3.32. The zero-order valence-corrected chi connectivity index (χ0v) is 13.5. The van der Waals surface area contributed by atoms with Crippen molar-refractivity contribution in [1.29, 1.82) is 0 Å². The maximum atomic E-state index is 11.9. The third-order valence-corrected chi connectivity index (χ3v) is 3.72. The number of ether oxygens (including phenoxy) is 1. The fourth-order valence-corrected chi connectivity index (χ4v) is 2.14. The molecule has 23 heavy (non-hydrogen) atoms. The molecule has 0 saturated carbocycles. The van der Waals surface area contributed by atoms with Crippen LogP contribution in [0.3, 0.4) is 0 Å². The first-order chi connectivity index (χ1) is 11.0. The SMILES string of the molecule is CO[C@@H](CNC(=O)C(=O)Nc1cccc(Cl)c1C)c1ccco1. The second-order valence-electron chi connectivity index (χ2n) is 4.82. The monoisotopic (exact) mass is 336 g/mol. The second-order valence-corrected chi connectivity index (χ2v) is 5.22. The highest BCUT2D eigenvalue weighted by molar-refractivity contribution is 6.40. The van der Waals surface area contributed by atoms with Crippen LogP contribution < -0.4 is 10.6 Å². The Labute approximate surface area is 138 Å². The van der Waals surface area contributed by atoms with E-state index < -0.39 is 17.9 Å². The molecular weight excluding hydrogens is 320 g/mol. The summed E-state index contributed by atoms with van der Waals surface area (Å²) in [6.45, 7) is 1.87. The number of methoxy groups -OCH3 is 1. The maximum Gasteiger partial charge on any atom is 0.313 e. The molecule has 2 rings (SSSR count). The summed E-state index contributed by atoms with van der Waals surface area (Å²) in [6.07, 6.45) is 1.05. The van der Waals surface area contributed by atoms with Crippen LogP contribution in [0.4, 0.5) is 5.69 Å². The average Bonchev–Trinajstić information content (AvgIpc) is 3.06. The minimum atomic E-state index is -0.773. The summed E-state index contributed by atoms with van der Waals surface area (Å²) in [7, 11) is 1.49. The van der Waals surface area contributed by atoms with E-state index in [-0.39, 0.29) is 6.54 Å². The number of amides is 2. The number of halogens is 1. The largest absolute Gasteiger partial charge is 0.467 e.